The molecule has 0 saturated carbocycles. The van der Waals surface area contributed by atoms with E-state index >= 15 is 0 Å². The van der Waals surface area contributed by atoms with Crippen LogP contribution in [0.4, 0.5) is 0 Å². The van der Waals surface area contributed by atoms with Crippen LogP contribution in [0.25, 0.3) is 6.08 Å². The van der Waals surface area contributed by atoms with E-state index in [4.69, 9.17) is 0 Å². The average molecular weight is 321 g/mol. The van der Waals surface area contributed by atoms with Crippen LogP contribution in [-0.2, 0) is 5.41 Å². The minimum absolute atomic E-state index is 0.137. The minimum atomic E-state index is 0.137. The van der Waals surface area contributed by atoms with Crippen LogP contribution in [0.3, 0.4) is 0 Å². The Morgan fingerprint density at radius 1 is 1.17 bits per heavy atom. The summed E-state index contributed by atoms with van der Waals surface area (Å²) < 4.78 is 0. The molecule has 0 spiro atoms. The van der Waals surface area contributed by atoms with Crippen molar-refractivity contribution in [2.45, 2.75) is 25.7 Å². The first-order chi connectivity index (χ1) is 11.6. The van der Waals surface area contributed by atoms with Crippen molar-refractivity contribution in [1.82, 2.24) is 4.90 Å². The lowest BCUT2D eigenvalue weighted by Gasteiger charge is -2.45. The molecule has 126 valence electrons. The molecule has 1 aliphatic rings. The fraction of sp³-hybridized carbons (Fsp3) is 0.364. The Hall–Kier alpha value is -2.06. The van der Waals surface area contributed by atoms with E-state index in [1.54, 1.807) is 6.07 Å². The zero-order chi connectivity index (χ0) is 17.0. The summed E-state index contributed by atoms with van der Waals surface area (Å²) in [4.78, 5) is 2.52. The van der Waals surface area contributed by atoms with Crippen LogP contribution in [-0.4, -0.2) is 29.6 Å². The highest BCUT2D eigenvalue weighted by Crippen LogP contribution is 2.40. The molecule has 2 aromatic carbocycles. The van der Waals surface area contributed by atoms with E-state index in [9.17, 15) is 5.11 Å². The summed E-state index contributed by atoms with van der Waals surface area (Å²) in [6.45, 7) is 7.84. The topological polar surface area (TPSA) is 23.5 Å². The van der Waals surface area contributed by atoms with Gasteiger partial charge in [0.05, 0.1) is 0 Å². The van der Waals surface area contributed by atoms with Gasteiger partial charge in [0.2, 0.25) is 0 Å². The van der Waals surface area contributed by atoms with Gasteiger partial charge in [-0.3, -0.25) is 4.90 Å². The van der Waals surface area contributed by atoms with E-state index in [1.165, 1.54) is 11.1 Å². The van der Waals surface area contributed by atoms with E-state index in [-0.39, 0.29) is 5.41 Å². The zero-order valence-corrected chi connectivity index (χ0v) is 14.7. The lowest BCUT2D eigenvalue weighted by molar-refractivity contribution is 0.121. The Balaban J connectivity index is 1.62. The monoisotopic (exact) mass is 321 g/mol. The second-order valence-electron chi connectivity index (χ2n) is 7.19. The van der Waals surface area contributed by atoms with E-state index < -0.39 is 0 Å². The maximum Gasteiger partial charge on any atom is 0.115 e. The Kier molecular flexibility index (Phi) is 5.06. The van der Waals surface area contributed by atoms with E-state index in [0.717, 1.165) is 26.1 Å². The van der Waals surface area contributed by atoms with Crippen molar-refractivity contribution in [2.75, 3.05) is 19.6 Å². The lowest BCUT2D eigenvalue weighted by Crippen LogP contribution is -2.47. The first-order valence-electron chi connectivity index (χ1n) is 8.81. The SMILES string of the molecule is C[C@H]1CN(C/C=C/c2ccccc2)CCC1(C)c1cccc(O)c1. The standard InChI is InChI=1S/C22H27NO/c1-18-17-23(14-7-10-19-8-4-3-5-9-19)15-13-22(18,2)20-11-6-12-21(24)16-20/h3-12,16,18,24H,13-15,17H2,1-2H3/b10-7+/t18-,22?/m0/s1. The summed E-state index contributed by atoms with van der Waals surface area (Å²) in [7, 11) is 0. The molecule has 1 unspecified atom stereocenters. The molecule has 1 saturated heterocycles. The molecule has 2 nitrogen and oxygen atoms in total. The van der Waals surface area contributed by atoms with Crippen molar-refractivity contribution in [3.05, 3.63) is 71.8 Å². The van der Waals surface area contributed by atoms with Crippen LogP contribution in [0.5, 0.6) is 5.75 Å². The molecule has 0 aromatic heterocycles. The average Bonchev–Trinajstić information content (AvgIpc) is 2.59. The van der Waals surface area contributed by atoms with Gasteiger partial charge in [0.15, 0.2) is 0 Å². The third-order valence-corrected chi connectivity index (χ3v) is 5.55. The molecule has 0 radical (unpaired) electrons. The summed E-state index contributed by atoms with van der Waals surface area (Å²) in [5.41, 5.74) is 2.65. The maximum atomic E-state index is 9.80. The van der Waals surface area contributed by atoms with Crippen molar-refractivity contribution in [2.24, 2.45) is 5.92 Å². The number of likely N-dealkylation sites (tertiary alicyclic amines) is 1. The van der Waals surface area contributed by atoms with Gasteiger partial charge in [-0.1, -0.05) is 68.5 Å². The molecular formula is C22H27NO. The second-order valence-corrected chi connectivity index (χ2v) is 7.19. The van der Waals surface area contributed by atoms with Crippen molar-refractivity contribution in [1.29, 1.82) is 0 Å². The van der Waals surface area contributed by atoms with Gasteiger partial charge in [-0.15, -0.1) is 0 Å². The quantitative estimate of drug-likeness (QED) is 0.882. The predicted molar refractivity (Wildman–Crippen MR) is 101 cm³/mol. The summed E-state index contributed by atoms with van der Waals surface area (Å²) in [6, 6.07) is 18.3. The molecule has 0 aliphatic carbocycles. The molecule has 2 aromatic rings. The van der Waals surface area contributed by atoms with Gasteiger partial charge in [-0.25, -0.2) is 0 Å². The van der Waals surface area contributed by atoms with Gasteiger partial charge in [-0.2, -0.15) is 0 Å². The normalized spacial score (nSPS) is 25.2. The summed E-state index contributed by atoms with van der Waals surface area (Å²) in [6.07, 6.45) is 5.59. The second kappa shape index (κ2) is 7.23. The van der Waals surface area contributed by atoms with E-state index in [2.05, 4.69) is 61.2 Å². The Labute approximate surface area is 145 Å². The first kappa shape index (κ1) is 16.8. The van der Waals surface area contributed by atoms with Gasteiger partial charge in [-0.05, 0) is 47.6 Å². The molecule has 1 heterocycles. The highest BCUT2D eigenvalue weighted by molar-refractivity contribution is 5.48. The van der Waals surface area contributed by atoms with Gasteiger partial charge in [0.1, 0.15) is 5.75 Å². The number of rotatable bonds is 4. The number of benzene rings is 2. The first-order valence-corrected chi connectivity index (χ1v) is 8.81. The number of nitrogens with zero attached hydrogens (tertiary/aromatic N) is 1. The Morgan fingerprint density at radius 2 is 1.96 bits per heavy atom. The van der Waals surface area contributed by atoms with Crippen LogP contribution in [0.2, 0.25) is 0 Å². The largest absolute Gasteiger partial charge is 0.508 e. The molecule has 3 rings (SSSR count). The molecule has 2 heteroatoms. The van der Waals surface area contributed by atoms with Crippen LogP contribution in [0.1, 0.15) is 31.4 Å². The third kappa shape index (κ3) is 3.70. The molecule has 1 aliphatic heterocycles. The predicted octanol–water partition coefficient (Wildman–Crippen LogP) is 4.71. The highest BCUT2D eigenvalue weighted by atomic mass is 16.3. The number of phenols is 1. The Morgan fingerprint density at radius 3 is 2.67 bits per heavy atom. The zero-order valence-electron chi connectivity index (χ0n) is 14.7. The molecule has 0 bridgehead atoms. The van der Waals surface area contributed by atoms with Gasteiger partial charge < -0.3 is 5.11 Å². The molecule has 1 fully saturated rings. The van der Waals surface area contributed by atoms with Crippen molar-refractivity contribution in [3.63, 3.8) is 0 Å². The minimum Gasteiger partial charge on any atom is -0.508 e. The van der Waals surface area contributed by atoms with E-state index in [0.29, 0.717) is 11.7 Å². The highest BCUT2D eigenvalue weighted by Gasteiger charge is 2.37. The number of piperidine rings is 1. The Bertz CT molecular complexity index is 694. The smallest absolute Gasteiger partial charge is 0.115 e. The molecule has 1 N–H and O–H groups in total. The van der Waals surface area contributed by atoms with Gasteiger partial charge >= 0.3 is 0 Å². The van der Waals surface area contributed by atoms with Gasteiger partial charge in [0, 0.05) is 13.1 Å². The van der Waals surface area contributed by atoms with Crippen molar-refractivity contribution >= 4 is 6.08 Å². The molecule has 24 heavy (non-hydrogen) atoms. The number of phenolic OH excluding ortho intramolecular Hbond substituents is 1. The number of hydrogen-bond acceptors (Lipinski definition) is 2. The van der Waals surface area contributed by atoms with Crippen LogP contribution >= 0.6 is 0 Å². The number of aromatic hydroxyl groups is 1. The van der Waals surface area contributed by atoms with Gasteiger partial charge in [0.25, 0.3) is 0 Å². The fourth-order valence-electron chi connectivity index (χ4n) is 3.67. The summed E-state index contributed by atoms with van der Waals surface area (Å²) in [5, 5.41) is 9.80. The maximum absolute atomic E-state index is 9.80. The van der Waals surface area contributed by atoms with Crippen molar-refractivity contribution in [3.8, 4) is 5.75 Å². The summed E-state index contributed by atoms with van der Waals surface area (Å²) in [5.74, 6) is 0.923. The molecule has 2 atom stereocenters. The third-order valence-electron chi connectivity index (χ3n) is 5.55. The van der Waals surface area contributed by atoms with Crippen LogP contribution in [0.15, 0.2) is 60.7 Å². The molecular weight excluding hydrogens is 294 g/mol. The number of hydrogen-bond donors (Lipinski definition) is 1. The van der Waals surface area contributed by atoms with Crippen LogP contribution < -0.4 is 0 Å². The van der Waals surface area contributed by atoms with E-state index in [1.807, 2.05) is 18.2 Å². The van der Waals surface area contributed by atoms with Crippen LogP contribution in [0, 0.1) is 5.92 Å². The van der Waals surface area contributed by atoms with Crippen molar-refractivity contribution < 1.29 is 5.11 Å². The fourth-order valence-corrected chi connectivity index (χ4v) is 3.67. The summed E-state index contributed by atoms with van der Waals surface area (Å²) >= 11 is 0. The molecule has 0 amide bonds. The lowest BCUT2D eigenvalue weighted by atomic mass is 9.68.